The summed E-state index contributed by atoms with van der Waals surface area (Å²) in [5.74, 6) is 1.92. The van der Waals surface area contributed by atoms with Gasteiger partial charge in [-0.3, -0.25) is 9.59 Å². The first-order valence-electron chi connectivity index (χ1n) is 12.1. The third-order valence-corrected chi connectivity index (χ3v) is 5.48. The van der Waals surface area contributed by atoms with Crippen LogP contribution in [0.2, 0.25) is 0 Å². The fourth-order valence-electron chi connectivity index (χ4n) is 3.79. The van der Waals surface area contributed by atoms with Gasteiger partial charge in [0.05, 0.1) is 20.3 Å². The molecule has 0 unspecified atom stereocenters. The molecule has 186 valence electrons. The van der Waals surface area contributed by atoms with E-state index in [9.17, 15) is 9.59 Å². The predicted molar refractivity (Wildman–Crippen MR) is 133 cm³/mol. The van der Waals surface area contributed by atoms with Crippen molar-refractivity contribution in [3.8, 4) is 17.2 Å². The van der Waals surface area contributed by atoms with Gasteiger partial charge in [0, 0.05) is 19.5 Å². The number of carbonyl (C=O) groups is 2. The number of carbonyl (C=O) groups excluding carboxylic acids is 2. The molecule has 34 heavy (non-hydrogen) atoms. The average molecular weight is 471 g/mol. The molecular weight excluding hydrogens is 432 g/mol. The summed E-state index contributed by atoms with van der Waals surface area (Å²) in [6.07, 6.45) is 1.35. The maximum Gasteiger partial charge on any atom is 0.242 e. The molecule has 0 heterocycles. The van der Waals surface area contributed by atoms with Crippen molar-refractivity contribution < 1.29 is 23.8 Å². The highest BCUT2D eigenvalue weighted by atomic mass is 16.5. The van der Waals surface area contributed by atoms with E-state index in [1.165, 1.54) is 0 Å². The Labute approximate surface area is 203 Å². The molecule has 2 aromatic carbocycles. The third kappa shape index (κ3) is 7.68. The Morgan fingerprint density at radius 3 is 2.15 bits per heavy atom. The highest BCUT2D eigenvalue weighted by Crippen LogP contribution is 2.29. The number of hydrogen-bond acceptors (Lipinski definition) is 5. The number of ether oxygens (including phenoxy) is 3. The van der Waals surface area contributed by atoms with Crippen molar-refractivity contribution in [2.45, 2.75) is 59.5 Å². The van der Waals surface area contributed by atoms with E-state index in [-0.39, 0.29) is 18.2 Å². The van der Waals surface area contributed by atoms with Gasteiger partial charge in [0.2, 0.25) is 11.8 Å². The van der Waals surface area contributed by atoms with Gasteiger partial charge in [-0.2, -0.15) is 0 Å². The molecule has 0 saturated carbocycles. The summed E-state index contributed by atoms with van der Waals surface area (Å²) >= 11 is 0. The number of nitrogens with one attached hydrogen (secondary N) is 1. The number of methoxy groups -OCH3 is 1. The van der Waals surface area contributed by atoms with Gasteiger partial charge in [0.15, 0.2) is 11.5 Å². The van der Waals surface area contributed by atoms with Crippen LogP contribution in [-0.2, 0) is 22.6 Å². The van der Waals surface area contributed by atoms with Crippen molar-refractivity contribution in [2.24, 2.45) is 0 Å². The standard InChI is InChI=1S/C27H38N2O5/c1-6-23(27(31)28-7-2)29(19-21-10-14-22(32-5)15-11-21)26(30)17-13-20-12-16-24(33-8-3)25(18-20)34-9-4/h10-12,14-16,18,23H,6-9,13,17,19H2,1-5H3,(H,28,31)/t23-/m0/s1. The zero-order chi connectivity index (χ0) is 24.9. The van der Waals surface area contributed by atoms with Crippen LogP contribution in [0.5, 0.6) is 17.2 Å². The van der Waals surface area contributed by atoms with Crippen molar-refractivity contribution in [3.05, 3.63) is 53.6 Å². The predicted octanol–water partition coefficient (Wildman–Crippen LogP) is 4.37. The minimum atomic E-state index is -0.533. The van der Waals surface area contributed by atoms with Gasteiger partial charge in [-0.15, -0.1) is 0 Å². The second kappa shape index (κ2) is 14.1. The molecule has 0 aliphatic heterocycles. The number of aryl methyl sites for hydroxylation is 1. The SMILES string of the molecule is CCNC(=O)[C@H](CC)N(Cc1ccc(OC)cc1)C(=O)CCc1ccc(OCC)c(OCC)c1. The first-order valence-corrected chi connectivity index (χ1v) is 12.1. The molecule has 7 nitrogen and oxygen atoms in total. The second-order valence-corrected chi connectivity index (χ2v) is 7.84. The van der Waals surface area contributed by atoms with E-state index in [1.807, 2.05) is 70.2 Å². The lowest BCUT2D eigenvalue weighted by Crippen LogP contribution is -2.49. The lowest BCUT2D eigenvalue weighted by molar-refractivity contribution is -0.141. The van der Waals surface area contributed by atoms with Crippen LogP contribution in [0.3, 0.4) is 0 Å². The van der Waals surface area contributed by atoms with Crippen LogP contribution in [-0.4, -0.2) is 49.6 Å². The summed E-state index contributed by atoms with van der Waals surface area (Å²) in [5, 5.41) is 2.87. The molecule has 0 bridgehead atoms. The van der Waals surface area contributed by atoms with Crippen molar-refractivity contribution in [3.63, 3.8) is 0 Å². The topological polar surface area (TPSA) is 77.1 Å². The quantitative estimate of drug-likeness (QED) is 0.444. The minimum absolute atomic E-state index is 0.0687. The zero-order valence-corrected chi connectivity index (χ0v) is 21.1. The lowest BCUT2D eigenvalue weighted by atomic mass is 10.1. The molecule has 1 N–H and O–H groups in total. The number of rotatable bonds is 14. The van der Waals surface area contributed by atoms with Gasteiger partial charge in [-0.1, -0.05) is 25.1 Å². The minimum Gasteiger partial charge on any atom is -0.497 e. The molecule has 2 aromatic rings. The van der Waals surface area contributed by atoms with Gasteiger partial charge >= 0.3 is 0 Å². The maximum absolute atomic E-state index is 13.4. The van der Waals surface area contributed by atoms with Crippen LogP contribution in [0.1, 0.15) is 51.7 Å². The van der Waals surface area contributed by atoms with Crippen LogP contribution >= 0.6 is 0 Å². The average Bonchev–Trinajstić information content (AvgIpc) is 2.84. The molecule has 0 saturated heterocycles. The largest absolute Gasteiger partial charge is 0.497 e. The molecule has 0 radical (unpaired) electrons. The molecule has 0 aliphatic rings. The number of hydrogen-bond donors (Lipinski definition) is 1. The summed E-state index contributed by atoms with van der Waals surface area (Å²) < 4.78 is 16.6. The molecule has 0 fully saturated rings. The van der Waals surface area contributed by atoms with Crippen LogP contribution in [0.25, 0.3) is 0 Å². The Kier molecular flexibility index (Phi) is 11.2. The Balaban J connectivity index is 2.21. The summed E-state index contributed by atoms with van der Waals surface area (Å²) in [5.41, 5.74) is 1.92. The molecule has 2 amide bonds. The summed E-state index contributed by atoms with van der Waals surface area (Å²) in [7, 11) is 1.62. The Hall–Kier alpha value is -3.22. The Bertz CT molecular complexity index is 914. The number of amides is 2. The molecule has 1 atom stereocenters. The second-order valence-electron chi connectivity index (χ2n) is 7.84. The third-order valence-electron chi connectivity index (χ3n) is 5.48. The van der Waals surface area contributed by atoms with E-state index in [2.05, 4.69) is 5.32 Å². The van der Waals surface area contributed by atoms with Crippen molar-refractivity contribution in [1.82, 2.24) is 10.2 Å². The number of benzene rings is 2. The molecule has 0 aliphatic carbocycles. The Morgan fingerprint density at radius 2 is 1.56 bits per heavy atom. The van der Waals surface area contributed by atoms with Gasteiger partial charge in [-0.25, -0.2) is 0 Å². The van der Waals surface area contributed by atoms with Gasteiger partial charge in [0.1, 0.15) is 11.8 Å². The van der Waals surface area contributed by atoms with Gasteiger partial charge < -0.3 is 24.4 Å². The van der Waals surface area contributed by atoms with Gasteiger partial charge in [-0.05, 0) is 69.0 Å². The van der Waals surface area contributed by atoms with Crippen molar-refractivity contribution in [1.29, 1.82) is 0 Å². The molecule has 0 spiro atoms. The molecule has 0 aromatic heterocycles. The summed E-state index contributed by atoms with van der Waals surface area (Å²) in [4.78, 5) is 27.8. The van der Waals surface area contributed by atoms with E-state index >= 15 is 0 Å². The lowest BCUT2D eigenvalue weighted by Gasteiger charge is -2.30. The highest BCUT2D eigenvalue weighted by Gasteiger charge is 2.28. The van der Waals surface area contributed by atoms with Crippen molar-refractivity contribution in [2.75, 3.05) is 26.9 Å². The van der Waals surface area contributed by atoms with Gasteiger partial charge in [0.25, 0.3) is 0 Å². The van der Waals surface area contributed by atoms with E-state index in [4.69, 9.17) is 14.2 Å². The van der Waals surface area contributed by atoms with E-state index in [1.54, 1.807) is 12.0 Å². The number of likely N-dealkylation sites (N-methyl/N-ethyl adjacent to an activating group) is 1. The van der Waals surface area contributed by atoms with E-state index < -0.39 is 6.04 Å². The fraction of sp³-hybridized carbons (Fsp3) is 0.481. The molecule has 2 rings (SSSR count). The Morgan fingerprint density at radius 1 is 0.912 bits per heavy atom. The van der Waals surface area contributed by atoms with Crippen molar-refractivity contribution >= 4 is 11.8 Å². The summed E-state index contributed by atoms with van der Waals surface area (Å²) in [6, 6.07) is 12.8. The normalized spacial score (nSPS) is 11.4. The van der Waals surface area contributed by atoms with Crippen LogP contribution in [0, 0.1) is 0 Å². The van der Waals surface area contributed by atoms with Crippen LogP contribution in [0.4, 0.5) is 0 Å². The maximum atomic E-state index is 13.4. The fourth-order valence-corrected chi connectivity index (χ4v) is 3.79. The monoisotopic (exact) mass is 470 g/mol. The smallest absolute Gasteiger partial charge is 0.242 e. The highest BCUT2D eigenvalue weighted by molar-refractivity contribution is 5.87. The first-order chi connectivity index (χ1) is 16.5. The first kappa shape index (κ1) is 27.0. The molecular formula is C27H38N2O5. The summed E-state index contributed by atoms with van der Waals surface area (Å²) in [6.45, 7) is 9.61. The number of nitrogens with zero attached hydrogens (tertiary/aromatic N) is 1. The zero-order valence-electron chi connectivity index (χ0n) is 21.1. The van der Waals surface area contributed by atoms with Crippen LogP contribution in [0.15, 0.2) is 42.5 Å². The van der Waals surface area contributed by atoms with Crippen LogP contribution < -0.4 is 19.5 Å². The van der Waals surface area contributed by atoms with E-state index in [0.29, 0.717) is 50.6 Å². The molecule has 7 heteroatoms. The van der Waals surface area contributed by atoms with E-state index in [0.717, 1.165) is 16.9 Å².